The number of nitrogens with zero attached hydrogens (tertiary/aromatic N) is 4. The third-order valence-corrected chi connectivity index (χ3v) is 7.42. The summed E-state index contributed by atoms with van der Waals surface area (Å²) in [6.45, 7) is 1.39. The molecule has 1 aromatic heterocycles. The predicted molar refractivity (Wildman–Crippen MR) is 130 cm³/mol. The Morgan fingerprint density at radius 3 is 2.06 bits per heavy atom. The van der Waals surface area contributed by atoms with Gasteiger partial charge in [-0.2, -0.15) is 0 Å². The average Bonchev–Trinajstić information content (AvgIpc) is 3.22. The van der Waals surface area contributed by atoms with Crippen LogP contribution in [0.2, 0.25) is 0 Å². The molecule has 0 spiro atoms. The highest BCUT2D eigenvalue weighted by Gasteiger charge is 2.38. The van der Waals surface area contributed by atoms with Crippen LogP contribution in [0.15, 0.2) is 77.7 Å². The molecule has 1 aliphatic heterocycles. The summed E-state index contributed by atoms with van der Waals surface area (Å²) in [7, 11) is -4.02. The van der Waals surface area contributed by atoms with Crippen LogP contribution in [0.5, 0.6) is 0 Å². The van der Waals surface area contributed by atoms with E-state index in [1.165, 1.54) is 35.5 Å². The maximum absolute atomic E-state index is 13.7. The third kappa shape index (κ3) is 4.08. The second-order valence-electron chi connectivity index (χ2n) is 8.16. The Kier molecular flexibility index (Phi) is 5.45. The zero-order valence-electron chi connectivity index (χ0n) is 18.6. The molecule has 35 heavy (non-hydrogen) atoms. The monoisotopic (exact) mass is 488 g/mol. The lowest BCUT2D eigenvalue weighted by Gasteiger charge is -2.21. The number of sulfonamides is 1. The number of carboxylic acids is 1. The van der Waals surface area contributed by atoms with E-state index in [9.17, 15) is 23.1 Å². The van der Waals surface area contributed by atoms with Gasteiger partial charge in [-0.15, -0.1) is 0 Å². The SMILES string of the molecule is CC(=O)Cc1ccc(S(=O)(=O)N2CN(c3ccc(C(=O)O)cc3)c3nc4ccccc4nc32)cc1. The van der Waals surface area contributed by atoms with Crippen molar-refractivity contribution in [1.29, 1.82) is 0 Å². The molecule has 0 aliphatic carbocycles. The lowest BCUT2D eigenvalue weighted by Crippen LogP contribution is -2.34. The van der Waals surface area contributed by atoms with Crippen LogP contribution < -0.4 is 9.21 Å². The molecule has 0 fully saturated rings. The second kappa shape index (κ2) is 8.48. The number of para-hydroxylation sites is 2. The first-order valence-electron chi connectivity index (χ1n) is 10.7. The molecule has 5 rings (SSSR count). The molecular weight excluding hydrogens is 468 g/mol. The number of carbonyl (C=O) groups excluding carboxylic acids is 1. The quantitative estimate of drug-likeness (QED) is 0.435. The number of benzene rings is 3. The molecular formula is C25H20N4O5S. The minimum Gasteiger partial charge on any atom is -0.478 e. The molecule has 1 aliphatic rings. The number of aromatic nitrogens is 2. The maximum atomic E-state index is 13.7. The molecule has 9 nitrogen and oxygen atoms in total. The molecule has 1 N–H and O–H groups in total. The zero-order valence-corrected chi connectivity index (χ0v) is 19.4. The Labute approximate surface area is 201 Å². The summed E-state index contributed by atoms with van der Waals surface area (Å²) < 4.78 is 28.5. The fourth-order valence-electron chi connectivity index (χ4n) is 3.96. The summed E-state index contributed by atoms with van der Waals surface area (Å²) in [5.41, 5.74) is 2.57. The molecule has 176 valence electrons. The first-order valence-corrected chi connectivity index (χ1v) is 12.2. The smallest absolute Gasteiger partial charge is 0.335 e. The van der Waals surface area contributed by atoms with Crippen LogP contribution in [0.1, 0.15) is 22.8 Å². The third-order valence-electron chi connectivity index (χ3n) is 5.69. The number of carboxylic acid groups (broad SMARTS) is 1. The number of fused-ring (bicyclic) bond motifs is 2. The number of aromatic carboxylic acids is 1. The van der Waals surface area contributed by atoms with Gasteiger partial charge in [0.05, 0.1) is 21.5 Å². The first-order chi connectivity index (χ1) is 16.7. The molecule has 0 radical (unpaired) electrons. The Hall–Kier alpha value is -4.31. The van der Waals surface area contributed by atoms with E-state index in [2.05, 4.69) is 9.97 Å². The lowest BCUT2D eigenvalue weighted by molar-refractivity contribution is -0.116. The van der Waals surface area contributed by atoms with Crippen molar-refractivity contribution in [2.24, 2.45) is 0 Å². The summed E-state index contributed by atoms with van der Waals surface area (Å²) in [6, 6.07) is 19.5. The van der Waals surface area contributed by atoms with Gasteiger partial charge < -0.3 is 10.0 Å². The second-order valence-corrected chi connectivity index (χ2v) is 10.0. The lowest BCUT2D eigenvalue weighted by atomic mass is 10.1. The van der Waals surface area contributed by atoms with Crippen LogP contribution in [-0.2, 0) is 21.2 Å². The van der Waals surface area contributed by atoms with E-state index >= 15 is 0 Å². The largest absolute Gasteiger partial charge is 0.478 e. The Morgan fingerprint density at radius 2 is 1.49 bits per heavy atom. The van der Waals surface area contributed by atoms with Gasteiger partial charge in [-0.25, -0.2) is 27.5 Å². The fourth-order valence-corrected chi connectivity index (χ4v) is 5.32. The number of hydrogen-bond donors (Lipinski definition) is 1. The van der Waals surface area contributed by atoms with Gasteiger partial charge in [0.1, 0.15) is 12.5 Å². The van der Waals surface area contributed by atoms with E-state index < -0.39 is 16.0 Å². The van der Waals surface area contributed by atoms with Crippen molar-refractivity contribution in [2.75, 3.05) is 15.9 Å². The van der Waals surface area contributed by atoms with E-state index in [-0.39, 0.29) is 35.1 Å². The van der Waals surface area contributed by atoms with Gasteiger partial charge in [-0.1, -0.05) is 24.3 Å². The van der Waals surface area contributed by atoms with Crippen LogP contribution in [0, 0.1) is 0 Å². The van der Waals surface area contributed by atoms with Gasteiger partial charge in [-0.3, -0.25) is 4.79 Å². The van der Waals surface area contributed by atoms with E-state index in [0.29, 0.717) is 22.5 Å². The van der Waals surface area contributed by atoms with Crippen LogP contribution >= 0.6 is 0 Å². The highest BCUT2D eigenvalue weighted by molar-refractivity contribution is 7.92. The van der Waals surface area contributed by atoms with Gasteiger partial charge in [0.2, 0.25) is 0 Å². The standard InChI is InChI=1S/C25H20N4O5S/c1-16(30)14-17-6-12-20(13-7-17)35(33,34)29-15-28(19-10-8-18(9-11-19)25(31)32)23-24(29)27-22-5-3-2-4-21(22)26-23/h2-13H,14-15H2,1H3,(H,31,32). The molecule has 0 atom stereocenters. The van der Waals surface area contributed by atoms with Crippen molar-refractivity contribution in [2.45, 2.75) is 18.2 Å². The predicted octanol–water partition coefficient (Wildman–Crippen LogP) is 3.76. The van der Waals surface area contributed by atoms with E-state index in [1.807, 2.05) is 6.07 Å². The first kappa shape index (κ1) is 22.5. The van der Waals surface area contributed by atoms with Gasteiger partial charge in [0.15, 0.2) is 11.6 Å². The minimum absolute atomic E-state index is 0.0132. The molecule has 0 bridgehead atoms. The average molecular weight is 489 g/mol. The van der Waals surface area contributed by atoms with Crippen LogP contribution in [0.3, 0.4) is 0 Å². The number of carbonyl (C=O) groups is 2. The number of rotatable bonds is 6. The summed E-state index contributed by atoms with van der Waals surface area (Å²) in [5, 5.41) is 9.22. The van der Waals surface area contributed by atoms with Crippen molar-refractivity contribution in [1.82, 2.24) is 9.97 Å². The van der Waals surface area contributed by atoms with Crippen LogP contribution in [0.25, 0.3) is 11.0 Å². The molecule has 0 unspecified atom stereocenters. The molecule has 10 heteroatoms. The van der Waals surface area contributed by atoms with Crippen molar-refractivity contribution in [3.63, 3.8) is 0 Å². The topological polar surface area (TPSA) is 121 Å². The Balaban J connectivity index is 1.60. The van der Waals surface area contributed by atoms with Gasteiger partial charge >= 0.3 is 5.97 Å². The normalized spacial score (nSPS) is 13.2. The Bertz CT molecular complexity index is 1570. The number of Topliss-reactive ketones (excluding diaryl/α,β-unsaturated/α-hetero) is 1. The van der Waals surface area contributed by atoms with Crippen molar-refractivity contribution < 1.29 is 23.1 Å². The van der Waals surface area contributed by atoms with Crippen LogP contribution in [-0.4, -0.2) is 41.9 Å². The molecule has 0 amide bonds. The molecule has 4 aromatic rings. The summed E-state index contributed by atoms with van der Waals surface area (Å²) in [5.74, 6) is -0.537. The molecule has 2 heterocycles. The Morgan fingerprint density at radius 1 is 0.886 bits per heavy atom. The van der Waals surface area contributed by atoms with E-state index in [4.69, 9.17) is 0 Å². The fraction of sp³-hybridized carbons (Fsp3) is 0.120. The molecule has 3 aromatic carbocycles. The molecule has 0 saturated heterocycles. The van der Waals surface area contributed by atoms with Gasteiger partial charge in [0.25, 0.3) is 10.0 Å². The minimum atomic E-state index is -4.02. The summed E-state index contributed by atoms with van der Waals surface area (Å²) in [4.78, 5) is 33.7. The van der Waals surface area contributed by atoms with Crippen molar-refractivity contribution in [3.05, 3.63) is 83.9 Å². The highest BCUT2D eigenvalue weighted by atomic mass is 32.2. The zero-order chi connectivity index (χ0) is 24.7. The van der Waals surface area contributed by atoms with E-state index in [0.717, 1.165) is 5.56 Å². The summed E-state index contributed by atoms with van der Waals surface area (Å²) in [6.07, 6.45) is 0.227. The number of hydrogen-bond acceptors (Lipinski definition) is 7. The van der Waals surface area contributed by atoms with Crippen molar-refractivity contribution >= 4 is 50.1 Å². The number of ketones is 1. The summed E-state index contributed by atoms with van der Waals surface area (Å²) >= 11 is 0. The van der Waals surface area contributed by atoms with Gasteiger partial charge in [0, 0.05) is 12.1 Å². The van der Waals surface area contributed by atoms with E-state index in [1.54, 1.807) is 47.4 Å². The van der Waals surface area contributed by atoms with Crippen molar-refractivity contribution in [3.8, 4) is 0 Å². The number of anilines is 3. The highest BCUT2D eigenvalue weighted by Crippen LogP contribution is 2.41. The van der Waals surface area contributed by atoms with Gasteiger partial charge in [-0.05, 0) is 61.0 Å². The maximum Gasteiger partial charge on any atom is 0.335 e. The van der Waals surface area contributed by atoms with Crippen LogP contribution in [0.4, 0.5) is 17.3 Å². The molecule has 0 saturated carbocycles.